The Kier molecular flexibility index (Phi) is 5.63. The van der Waals surface area contributed by atoms with Crippen LogP contribution in [0.15, 0.2) is 91.0 Å². The first kappa shape index (κ1) is 17.4. The minimum atomic E-state index is -2.27. The van der Waals surface area contributed by atoms with Crippen molar-refractivity contribution in [3.8, 4) is 0 Å². The molecule has 0 amide bonds. The van der Waals surface area contributed by atoms with Crippen LogP contribution in [0.2, 0.25) is 0 Å². The van der Waals surface area contributed by atoms with Gasteiger partial charge in [-0.15, -0.1) is 0 Å². The van der Waals surface area contributed by atoms with E-state index in [1.807, 2.05) is 18.2 Å². The van der Waals surface area contributed by atoms with Crippen molar-refractivity contribution in [3.63, 3.8) is 0 Å². The molecule has 3 aromatic carbocycles. The normalized spacial score (nSPS) is 11.7. The first-order chi connectivity index (χ1) is 12.2. The summed E-state index contributed by atoms with van der Waals surface area (Å²) in [6.45, 7) is 1.90. The second-order valence-corrected chi connectivity index (χ2v) is 10.1. The number of rotatable bonds is 6. The molecule has 0 heterocycles. The topological polar surface area (TPSA) is 26.3 Å². The van der Waals surface area contributed by atoms with Crippen LogP contribution in [-0.4, -0.2) is 18.7 Å². The zero-order valence-electron chi connectivity index (χ0n) is 14.4. The Morgan fingerprint density at radius 1 is 0.720 bits per heavy atom. The van der Waals surface area contributed by atoms with Crippen molar-refractivity contribution >= 4 is 29.1 Å². The SMILES string of the molecule is CC(=O)OCC[PH](c1ccccc1)(c1ccccc1)c1ccccc1. The molecule has 128 valence electrons. The van der Waals surface area contributed by atoms with Crippen molar-refractivity contribution in [2.24, 2.45) is 0 Å². The van der Waals surface area contributed by atoms with Gasteiger partial charge in [0.2, 0.25) is 0 Å². The average Bonchev–Trinajstić information content (AvgIpc) is 2.67. The Bertz CT molecular complexity index is 705. The van der Waals surface area contributed by atoms with Crippen LogP contribution in [0.5, 0.6) is 0 Å². The van der Waals surface area contributed by atoms with Crippen LogP contribution in [0.25, 0.3) is 0 Å². The van der Waals surface area contributed by atoms with Gasteiger partial charge in [0.1, 0.15) is 0 Å². The van der Waals surface area contributed by atoms with Gasteiger partial charge in [-0.25, -0.2) is 0 Å². The maximum absolute atomic E-state index is 11.3. The standard InChI is InChI=1S/C22H23O2P/c1-19(23)24-17-18-25(20-11-5-2-6-12-20,21-13-7-3-8-14-21)22-15-9-4-10-16-22/h2-16,25H,17-18H2,1H3. The van der Waals surface area contributed by atoms with Gasteiger partial charge in [-0.1, -0.05) is 0 Å². The summed E-state index contributed by atoms with van der Waals surface area (Å²) >= 11 is 0. The molecule has 25 heavy (non-hydrogen) atoms. The zero-order valence-corrected chi connectivity index (χ0v) is 15.4. The van der Waals surface area contributed by atoms with Gasteiger partial charge < -0.3 is 0 Å². The van der Waals surface area contributed by atoms with Gasteiger partial charge in [0.15, 0.2) is 0 Å². The van der Waals surface area contributed by atoms with E-state index in [9.17, 15) is 4.79 Å². The molecule has 0 N–H and O–H groups in total. The van der Waals surface area contributed by atoms with Crippen molar-refractivity contribution < 1.29 is 9.53 Å². The van der Waals surface area contributed by atoms with Crippen molar-refractivity contribution in [2.75, 3.05) is 12.8 Å². The van der Waals surface area contributed by atoms with Crippen LogP contribution in [0, 0.1) is 0 Å². The summed E-state index contributed by atoms with van der Waals surface area (Å²) in [6.07, 6.45) is 0.824. The van der Waals surface area contributed by atoms with Gasteiger partial charge in [-0.05, 0) is 0 Å². The third-order valence-electron chi connectivity index (χ3n) is 4.58. The van der Waals surface area contributed by atoms with Gasteiger partial charge in [0.05, 0.1) is 0 Å². The molecule has 0 aromatic heterocycles. The molecule has 0 bridgehead atoms. The van der Waals surface area contributed by atoms with Gasteiger partial charge in [0.25, 0.3) is 0 Å². The van der Waals surface area contributed by atoms with Crippen molar-refractivity contribution in [2.45, 2.75) is 6.92 Å². The Balaban J connectivity index is 2.18. The molecule has 2 nitrogen and oxygen atoms in total. The average molecular weight is 350 g/mol. The Hall–Kier alpha value is -2.44. The molecular weight excluding hydrogens is 327 g/mol. The molecule has 0 saturated heterocycles. The molecule has 0 aliphatic rings. The van der Waals surface area contributed by atoms with Crippen LogP contribution >= 0.6 is 7.26 Å². The first-order valence-corrected chi connectivity index (χ1v) is 10.7. The number of hydrogen-bond acceptors (Lipinski definition) is 2. The predicted molar refractivity (Wildman–Crippen MR) is 108 cm³/mol. The molecule has 0 aliphatic heterocycles. The second kappa shape index (κ2) is 8.09. The molecule has 0 atom stereocenters. The van der Waals surface area contributed by atoms with Gasteiger partial charge in [-0.2, -0.15) is 0 Å². The van der Waals surface area contributed by atoms with Crippen LogP contribution in [0.4, 0.5) is 0 Å². The van der Waals surface area contributed by atoms with E-state index in [0.29, 0.717) is 6.61 Å². The monoisotopic (exact) mass is 350 g/mol. The summed E-state index contributed by atoms with van der Waals surface area (Å²) < 4.78 is 5.36. The summed E-state index contributed by atoms with van der Waals surface area (Å²) in [7, 11) is -2.27. The van der Waals surface area contributed by atoms with Crippen LogP contribution in [-0.2, 0) is 9.53 Å². The van der Waals surface area contributed by atoms with Crippen LogP contribution < -0.4 is 15.9 Å². The molecule has 0 aliphatic carbocycles. The van der Waals surface area contributed by atoms with E-state index in [1.165, 1.54) is 22.8 Å². The van der Waals surface area contributed by atoms with E-state index in [4.69, 9.17) is 4.74 Å². The summed E-state index contributed by atoms with van der Waals surface area (Å²) in [6, 6.07) is 31.9. The number of hydrogen-bond donors (Lipinski definition) is 0. The van der Waals surface area contributed by atoms with Gasteiger partial charge >= 0.3 is 149 Å². The van der Waals surface area contributed by atoms with Crippen LogP contribution in [0.1, 0.15) is 6.92 Å². The van der Waals surface area contributed by atoms with E-state index in [-0.39, 0.29) is 5.97 Å². The number of ether oxygens (including phenoxy) is 1. The molecular formula is C22H23O2P. The van der Waals surface area contributed by atoms with E-state index >= 15 is 0 Å². The molecule has 0 spiro atoms. The third-order valence-corrected chi connectivity index (χ3v) is 9.49. The fourth-order valence-electron chi connectivity index (χ4n) is 3.45. The molecule has 0 unspecified atom stereocenters. The summed E-state index contributed by atoms with van der Waals surface area (Å²) in [5, 5.41) is 4.00. The Morgan fingerprint density at radius 3 is 1.40 bits per heavy atom. The number of benzene rings is 3. The minimum absolute atomic E-state index is 0.225. The van der Waals surface area contributed by atoms with E-state index in [1.54, 1.807) is 0 Å². The van der Waals surface area contributed by atoms with Crippen molar-refractivity contribution in [3.05, 3.63) is 91.0 Å². The quantitative estimate of drug-likeness (QED) is 0.504. The fraction of sp³-hybridized carbons (Fsp3) is 0.136. The third kappa shape index (κ3) is 3.81. The molecule has 0 radical (unpaired) electrons. The van der Waals surface area contributed by atoms with Gasteiger partial charge in [0, 0.05) is 0 Å². The number of esters is 1. The van der Waals surface area contributed by atoms with Crippen LogP contribution in [0.3, 0.4) is 0 Å². The summed E-state index contributed by atoms with van der Waals surface area (Å²) in [5.41, 5.74) is 0. The zero-order chi connectivity index (χ0) is 17.5. The fourth-order valence-corrected chi connectivity index (χ4v) is 8.01. The number of carbonyl (C=O) groups excluding carboxylic acids is 1. The predicted octanol–water partition coefficient (Wildman–Crippen LogP) is 3.28. The van der Waals surface area contributed by atoms with Gasteiger partial charge in [-0.3, -0.25) is 0 Å². The summed E-state index contributed by atoms with van der Waals surface area (Å²) in [4.78, 5) is 11.3. The number of carbonyl (C=O) groups is 1. The van der Waals surface area contributed by atoms with Crippen molar-refractivity contribution in [1.82, 2.24) is 0 Å². The second-order valence-electron chi connectivity index (χ2n) is 6.09. The Morgan fingerprint density at radius 2 is 1.08 bits per heavy atom. The molecule has 0 fully saturated rings. The molecule has 0 saturated carbocycles. The first-order valence-electron chi connectivity index (χ1n) is 8.53. The maximum atomic E-state index is 11.3. The van der Waals surface area contributed by atoms with E-state index in [2.05, 4.69) is 72.8 Å². The van der Waals surface area contributed by atoms with Crippen molar-refractivity contribution in [1.29, 1.82) is 0 Å². The molecule has 3 heteroatoms. The Labute approximate surface area is 149 Å². The molecule has 3 rings (SSSR count). The van der Waals surface area contributed by atoms with E-state index in [0.717, 1.165) is 6.16 Å². The summed E-state index contributed by atoms with van der Waals surface area (Å²) in [5.74, 6) is -0.225. The van der Waals surface area contributed by atoms with E-state index < -0.39 is 7.26 Å². The molecule has 3 aromatic rings.